The summed E-state index contributed by atoms with van der Waals surface area (Å²) in [6.07, 6.45) is 12.7. The SMILES string of the molecule is O=C(NCCC1CCCOC1)N1CCCC1CC1CCCC1. The molecule has 2 aliphatic heterocycles. The van der Waals surface area contributed by atoms with E-state index in [0.29, 0.717) is 12.0 Å². The van der Waals surface area contributed by atoms with Gasteiger partial charge in [-0.3, -0.25) is 0 Å². The van der Waals surface area contributed by atoms with Crippen molar-refractivity contribution in [3.05, 3.63) is 0 Å². The highest BCUT2D eigenvalue weighted by atomic mass is 16.5. The summed E-state index contributed by atoms with van der Waals surface area (Å²) < 4.78 is 5.51. The third-order valence-electron chi connectivity index (χ3n) is 5.80. The summed E-state index contributed by atoms with van der Waals surface area (Å²) in [5, 5.41) is 3.16. The van der Waals surface area contributed by atoms with Crippen molar-refractivity contribution in [1.29, 1.82) is 0 Å². The lowest BCUT2D eigenvalue weighted by atomic mass is 9.97. The van der Waals surface area contributed by atoms with Crippen molar-refractivity contribution in [2.45, 2.75) is 70.3 Å². The fourth-order valence-corrected chi connectivity index (χ4v) is 4.50. The summed E-state index contributed by atoms with van der Waals surface area (Å²) in [5.41, 5.74) is 0. The zero-order valence-electron chi connectivity index (χ0n) is 13.9. The predicted molar refractivity (Wildman–Crippen MR) is 87.9 cm³/mol. The largest absolute Gasteiger partial charge is 0.381 e. The molecule has 0 aromatic heterocycles. The molecule has 0 bridgehead atoms. The first-order valence-electron chi connectivity index (χ1n) is 9.45. The van der Waals surface area contributed by atoms with Crippen LogP contribution in [-0.4, -0.2) is 43.3 Å². The third-order valence-corrected chi connectivity index (χ3v) is 5.80. The lowest BCUT2D eigenvalue weighted by molar-refractivity contribution is 0.0518. The maximum Gasteiger partial charge on any atom is 0.317 e. The zero-order valence-corrected chi connectivity index (χ0v) is 13.9. The van der Waals surface area contributed by atoms with Crippen LogP contribution in [0.2, 0.25) is 0 Å². The lowest BCUT2D eigenvalue weighted by Gasteiger charge is -2.28. The van der Waals surface area contributed by atoms with E-state index in [4.69, 9.17) is 4.74 Å². The zero-order chi connectivity index (χ0) is 15.2. The molecule has 4 heteroatoms. The Morgan fingerprint density at radius 3 is 2.64 bits per heavy atom. The van der Waals surface area contributed by atoms with E-state index < -0.39 is 0 Å². The molecule has 1 aliphatic carbocycles. The third kappa shape index (κ3) is 4.37. The highest BCUT2D eigenvalue weighted by molar-refractivity contribution is 5.74. The first-order chi connectivity index (χ1) is 10.8. The van der Waals surface area contributed by atoms with Crippen molar-refractivity contribution >= 4 is 6.03 Å². The number of nitrogens with zero attached hydrogens (tertiary/aromatic N) is 1. The van der Waals surface area contributed by atoms with Gasteiger partial charge in [-0.2, -0.15) is 0 Å². The Hall–Kier alpha value is -0.770. The standard InChI is InChI=1S/C18H32N2O2/c21-18(19-10-9-16-7-4-12-22-14-16)20-11-3-8-17(20)13-15-5-1-2-6-15/h15-17H,1-14H2,(H,19,21). The van der Waals surface area contributed by atoms with E-state index in [0.717, 1.165) is 38.6 Å². The number of carbonyl (C=O) groups excluding carboxylic acids is 1. The molecule has 0 aromatic carbocycles. The van der Waals surface area contributed by atoms with Crippen LogP contribution in [0, 0.1) is 11.8 Å². The van der Waals surface area contributed by atoms with Gasteiger partial charge in [0.2, 0.25) is 0 Å². The van der Waals surface area contributed by atoms with Crippen LogP contribution in [0.3, 0.4) is 0 Å². The minimum Gasteiger partial charge on any atom is -0.381 e. The Bertz CT molecular complexity index is 349. The van der Waals surface area contributed by atoms with E-state index >= 15 is 0 Å². The van der Waals surface area contributed by atoms with Gasteiger partial charge in [-0.25, -0.2) is 4.79 Å². The minimum atomic E-state index is 0.178. The topological polar surface area (TPSA) is 41.6 Å². The van der Waals surface area contributed by atoms with Crippen LogP contribution in [0.1, 0.15) is 64.2 Å². The molecule has 3 fully saturated rings. The summed E-state index contributed by atoms with van der Waals surface area (Å²) in [6.45, 7) is 3.55. The molecule has 22 heavy (non-hydrogen) atoms. The van der Waals surface area contributed by atoms with Crippen LogP contribution in [0.15, 0.2) is 0 Å². The van der Waals surface area contributed by atoms with E-state index in [1.54, 1.807) is 0 Å². The number of urea groups is 1. The number of rotatable bonds is 5. The molecule has 2 saturated heterocycles. The van der Waals surface area contributed by atoms with Gasteiger partial charge in [-0.1, -0.05) is 25.7 Å². The Morgan fingerprint density at radius 1 is 1.05 bits per heavy atom. The fourth-order valence-electron chi connectivity index (χ4n) is 4.50. The van der Waals surface area contributed by atoms with E-state index in [2.05, 4.69) is 10.2 Å². The van der Waals surface area contributed by atoms with Crippen LogP contribution >= 0.6 is 0 Å². The molecule has 126 valence electrons. The molecule has 1 N–H and O–H groups in total. The molecule has 2 amide bonds. The van der Waals surface area contributed by atoms with Crippen LogP contribution in [-0.2, 0) is 4.74 Å². The van der Waals surface area contributed by atoms with Crippen molar-refractivity contribution in [3.63, 3.8) is 0 Å². The molecule has 3 aliphatic rings. The van der Waals surface area contributed by atoms with E-state index in [1.165, 1.54) is 57.8 Å². The molecular formula is C18H32N2O2. The first kappa shape index (κ1) is 16.1. The molecule has 0 spiro atoms. The Morgan fingerprint density at radius 2 is 1.86 bits per heavy atom. The van der Waals surface area contributed by atoms with Gasteiger partial charge < -0.3 is 15.0 Å². The highest BCUT2D eigenvalue weighted by Gasteiger charge is 2.31. The molecule has 2 unspecified atom stereocenters. The van der Waals surface area contributed by atoms with Crippen LogP contribution in [0.5, 0.6) is 0 Å². The second kappa shape index (κ2) is 8.19. The van der Waals surface area contributed by atoms with Crippen molar-refractivity contribution < 1.29 is 9.53 Å². The van der Waals surface area contributed by atoms with Gasteiger partial charge >= 0.3 is 6.03 Å². The average Bonchev–Trinajstić information content (AvgIpc) is 3.20. The van der Waals surface area contributed by atoms with Crippen molar-refractivity contribution in [3.8, 4) is 0 Å². The number of amides is 2. The maximum absolute atomic E-state index is 12.5. The highest BCUT2D eigenvalue weighted by Crippen LogP contribution is 2.33. The van der Waals surface area contributed by atoms with E-state index in [9.17, 15) is 4.79 Å². The van der Waals surface area contributed by atoms with Crippen LogP contribution in [0.4, 0.5) is 4.79 Å². The molecule has 4 nitrogen and oxygen atoms in total. The van der Waals surface area contributed by atoms with E-state index in [-0.39, 0.29) is 6.03 Å². The van der Waals surface area contributed by atoms with Crippen LogP contribution < -0.4 is 5.32 Å². The number of hydrogen-bond acceptors (Lipinski definition) is 2. The number of ether oxygens (including phenoxy) is 1. The minimum absolute atomic E-state index is 0.178. The van der Waals surface area contributed by atoms with Gasteiger partial charge in [0.05, 0.1) is 0 Å². The van der Waals surface area contributed by atoms with Gasteiger partial charge in [0.15, 0.2) is 0 Å². The van der Waals surface area contributed by atoms with Crippen molar-refractivity contribution in [2.24, 2.45) is 11.8 Å². The van der Waals surface area contributed by atoms with Crippen molar-refractivity contribution in [1.82, 2.24) is 10.2 Å². The summed E-state index contributed by atoms with van der Waals surface area (Å²) in [5.74, 6) is 1.51. The first-order valence-corrected chi connectivity index (χ1v) is 9.45. The predicted octanol–water partition coefficient (Wildman–Crippen LogP) is 3.56. The molecule has 0 aromatic rings. The molecular weight excluding hydrogens is 276 g/mol. The Labute approximate surface area is 135 Å². The monoisotopic (exact) mass is 308 g/mol. The molecule has 3 rings (SSSR count). The molecule has 0 radical (unpaired) electrons. The second-order valence-corrected chi connectivity index (χ2v) is 7.48. The summed E-state index contributed by atoms with van der Waals surface area (Å²) >= 11 is 0. The Balaban J connectivity index is 1.38. The summed E-state index contributed by atoms with van der Waals surface area (Å²) in [4.78, 5) is 14.6. The van der Waals surface area contributed by atoms with Gasteiger partial charge in [0.1, 0.15) is 0 Å². The summed E-state index contributed by atoms with van der Waals surface area (Å²) in [6, 6.07) is 0.679. The Kier molecular flexibility index (Phi) is 5.99. The van der Waals surface area contributed by atoms with Crippen molar-refractivity contribution in [2.75, 3.05) is 26.3 Å². The molecule has 2 heterocycles. The normalized spacial score (nSPS) is 29.9. The number of hydrogen-bond donors (Lipinski definition) is 1. The van der Waals surface area contributed by atoms with E-state index in [1.807, 2.05) is 0 Å². The molecule has 1 saturated carbocycles. The van der Waals surface area contributed by atoms with Gasteiger partial charge in [-0.15, -0.1) is 0 Å². The number of likely N-dealkylation sites (tertiary alicyclic amines) is 1. The van der Waals surface area contributed by atoms with Gasteiger partial charge in [0.25, 0.3) is 0 Å². The quantitative estimate of drug-likeness (QED) is 0.844. The smallest absolute Gasteiger partial charge is 0.317 e. The number of carbonyl (C=O) groups is 1. The van der Waals surface area contributed by atoms with Crippen LogP contribution in [0.25, 0.3) is 0 Å². The fraction of sp³-hybridized carbons (Fsp3) is 0.944. The van der Waals surface area contributed by atoms with Gasteiger partial charge in [0, 0.05) is 32.3 Å². The second-order valence-electron chi connectivity index (χ2n) is 7.48. The lowest BCUT2D eigenvalue weighted by Crippen LogP contribution is -2.44. The summed E-state index contributed by atoms with van der Waals surface area (Å²) in [7, 11) is 0. The maximum atomic E-state index is 12.5. The average molecular weight is 308 g/mol. The number of nitrogens with one attached hydrogen (secondary N) is 1. The molecule has 2 atom stereocenters. The van der Waals surface area contributed by atoms with Gasteiger partial charge in [-0.05, 0) is 50.4 Å².